The number of halogens is 1. The maximum Gasteiger partial charge on any atom is 0.125 e. The van der Waals surface area contributed by atoms with Crippen LogP contribution in [0.15, 0.2) is 12.1 Å². The highest BCUT2D eigenvalue weighted by Gasteiger charge is 2.15. The first-order chi connectivity index (χ1) is 8.70. The summed E-state index contributed by atoms with van der Waals surface area (Å²) in [7, 11) is 0. The van der Waals surface area contributed by atoms with Crippen molar-refractivity contribution >= 4 is 15.9 Å². The fourth-order valence-corrected chi connectivity index (χ4v) is 2.78. The number of hydrogen-bond acceptors (Lipinski definition) is 2. The number of hydrogen-bond donors (Lipinski definition) is 0. The Morgan fingerprint density at radius 1 is 1.28 bits per heavy atom. The lowest BCUT2D eigenvalue weighted by Crippen LogP contribution is -2.26. The molecular weight excluding hydrogens is 292 g/mol. The molecule has 18 heavy (non-hydrogen) atoms. The highest BCUT2D eigenvalue weighted by Crippen LogP contribution is 2.26. The van der Waals surface area contributed by atoms with Crippen molar-refractivity contribution in [1.29, 1.82) is 0 Å². The largest absolute Gasteiger partial charge is 0.490 e. The van der Waals surface area contributed by atoms with E-state index in [1.807, 2.05) is 0 Å². The first kappa shape index (κ1) is 13.9. The molecule has 0 bridgehead atoms. The Balaban J connectivity index is 2.00. The second-order valence-electron chi connectivity index (χ2n) is 4.99. The van der Waals surface area contributed by atoms with Crippen LogP contribution in [0.2, 0.25) is 0 Å². The zero-order valence-corrected chi connectivity index (χ0v) is 12.8. The molecule has 100 valence electrons. The van der Waals surface area contributed by atoms with Crippen molar-refractivity contribution in [1.82, 2.24) is 0 Å². The van der Waals surface area contributed by atoms with E-state index in [9.17, 15) is 0 Å². The number of benzene rings is 1. The van der Waals surface area contributed by atoms with Crippen molar-refractivity contribution in [3.8, 4) is 5.75 Å². The number of aryl methyl sites for hydroxylation is 2. The van der Waals surface area contributed by atoms with Gasteiger partial charge in [0.25, 0.3) is 0 Å². The third kappa shape index (κ3) is 3.48. The lowest BCUT2D eigenvalue weighted by Gasteiger charge is -2.23. The van der Waals surface area contributed by atoms with E-state index in [0.717, 1.165) is 24.1 Å². The van der Waals surface area contributed by atoms with E-state index < -0.39 is 0 Å². The van der Waals surface area contributed by atoms with Gasteiger partial charge in [0.15, 0.2) is 0 Å². The third-order valence-electron chi connectivity index (χ3n) is 3.36. The van der Waals surface area contributed by atoms with Crippen molar-refractivity contribution in [2.45, 2.75) is 44.5 Å². The van der Waals surface area contributed by atoms with Crippen molar-refractivity contribution in [3.05, 3.63) is 28.8 Å². The SMILES string of the molecule is Cc1cc(CBr)cc(C)c1OCC1CCCCO1. The molecule has 0 saturated carbocycles. The first-order valence-electron chi connectivity index (χ1n) is 6.61. The smallest absolute Gasteiger partial charge is 0.125 e. The number of rotatable bonds is 4. The molecule has 0 aromatic heterocycles. The highest BCUT2D eigenvalue weighted by atomic mass is 79.9. The maximum atomic E-state index is 5.97. The highest BCUT2D eigenvalue weighted by molar-refractivity contribution is 9.08. The zero-order chi connectivity index (χ0) is 13.0. The summed E-state index contributed by atoms with van der Waals surface area (Å²) in [5.41, 5.74) is 3.71. The van der Waals surface area contributed by atoms with E-state index in [1.54, 1.807) is 0 Å². The summed E-state index contributed by atoms with van der Waals surface area (Å²) in [6, 6.07) is 4.36. The van der Waals surface area contributed by atoms with Gasteiger partial charge >= 0.3 is 0 Å². The molecule has 1 unspecified atom stereocenters. The Bertz CT molecular complexity index is 374. The van der Waals surface area contributed by atoms with Crippen LogP contribution in [0.3, 0.4) is 0 Å². The van der Waals surface area contributed by atoms with E-state index >= 15 is 0 Å². The molecule has 1 atom stereocenters. The van der Waals surface area contributed by atoms with E-state index in [4.69, 9.17) is 9.47 Å². The van der Waals surface area contributed by atoms with Crippen LogP contribution in [0.4, 0.5) is 0 Å². The van der Waals surface area contributed by atoms with E-state index in [1.165, 1.54) is 29.5 Å². The molecule has 0 spiro atoms. The quantitative estimate of drug-likeness (QED) is 0.778. The average molecular weight is 313 g/mol. The van der Waals surface area contributed by atoms with Gasteiger partial charge in [0, 0.05) is 11.9 Å². The van der Waals surface area contributed by atoms with Crippen molar-refractivity contribution in [2.75, 3.05) is 13.2 Å². The van der Waals surface area contributed by atoms with Crippen LogP contribution >= 0.6 is 15.9 Å². The minimum Gasteiger partial charge on any atom is -0.490 e. The predicted molar refractivity (Wildman–Crippen MR) is 77.6 cm³/mol. The molecular formula is C15H21BrO2. The van der Waals surface area contributed by atoms with Crippen LogP contribution in [0.1, 0.15) is 36.0 Å². The Labute approximate surface area is 118 Å². The Morgan fingerprint density at radius 2 is 2.00 bits per heavy atom. The molecule has 2 rings (SSSR count). The summed E-state index contributed by atoms with van der Waals surface area (Å²) < 4.78 is 11.7. The fourth-order valence-electron chi connectivity index (χ4n) is 2.46. The van der Waals surface area contributed by atoms with Crippen LogP contribution in [0.5, 0.6) is 5.75 Å². The van der Waals surface area contributed by atoms with Crippen LogP contribution in [-0.4, -0.2) is 19.3 Å². The molecule has 0 N–H and O–H groups in total. The van der Waals surface area contributed by atoms with Gasteiger partial charge in [0.1, 0.15) is 12.4 Å². The molecule has 1 saturated heterocycles. The summed E-state index contributed by atoms with van der Waals surface area (Å²) in [6.45, 7) is 5.77. The van der Waals surface area contributed by atoms with Gasteiger partial charge in [-0.15, -0.1) is 0 Å². The van der Waals surface area contributed by atoms with Crippen LogP contribution in [0.25, 0.3) is 0 Å². The maximum absolute atomic E-state index is 5.97. The van der Waals surface area contributed by atoms with Crippen molar-refractivity contribution < 1.29 is 9.47 Å². The predicted octanol–water partition coefficient (Wildman–Crippen LogP) is 4.15. The molecule has 0 radical (unpaired) electrons. The lowest BCUT2D eigenvalue weighted by atomic mass is 10.1. The molecule has 2 nitrogen and oxygen atoms in total. The van der Waals surface area contributed by atoms with Crippen LogP contribution in [0, 0.1) is 13.8 Å². The van der Waals surface area contributed by atoms with Crippen LogP contribution in [-0.2, 0) is 10.1 Å². The lowest BCUT2D eigenvalue weighted by molar-refractivity contribution is -0.0113. The minimum absolute atomic E-state index is 0.272. The van der Waals surface area contributed by atoms with Gasteiger partial charge < -0.3 is 9.47 Å². The van der Waals surface area contributed by atoms with Gasteiger partial charge in [-0.25, -0.2) is 0 Å². The van der Waals surface area contributed by atoms with Gasteiger partial charge in [0.05, 0.1) is 6.10 Å². The third-order valence-corrected chi connectivity index (χ3v) is 4.01. The molecule has 1 aliphatic heterocycles. The Morgan fingerprint density at radius 3 is 2.56 bits per heavy atom. The topological polar surface area (TPSA) is 18.5 Å². The molecule has 1 aliphatic rings. The summed E-state index contributed by atoms with van der Waals surface area (Å²) >= 11 is 3.49. The second kappa shape index (κ2) is 6.58. The zero-order valence-electron chi connectivity index (χ0n) is 11.2. The standard InChI is InChI=1S/C15H21BrO2/c1-11-7-13(9-16)8-12(2)15(11)18-10-14-5-3-4-6-17-14/h7-8,14H,3-6,9-10H2,1-2H3. The second-order valence-corrected chi connectivity index (χ2v) is 5.55. The first-order valence-corrected chi connectivity index (χ1v) is 7.73. The molecule has 0 aliphatic carbocycles. The van der Waals surface area contributed by atoms with Crippen molar-refractivity contribution in [3.63, 3.8) is 0 Å². The molecule has 1 fully saturated rings. The molecule has 3 heteroatoms. The molecule has 1 aromatic carbocycles. The number of ether oxygens (including phenoxy) is 2. The van der Waals surface area contributed by atoms with Gasteiger partial charge in [0.2, 0.25) is 0 Å². The van der Waals surface area contributed by atoms with Gasteiger partial charge in [-0.1, -0.05) is 28.1 Å². The molecule has 0 amide bonds. The number of alkyl halides is 1. The van der Waals surface area contributed by atoms with Gasteiger partial charge in [-0.3, -0.25) is 0 Å². The van der Waals surface area contributed by atoms with Gasteiger partial charge in [-0.2, -0.15) is 0 Å². The summed E-state index contributed by atoms with van der Waals surface area (Å²) in [4.78, 5) is 0. The van der Waals surface area contributed by atoms with Crippen LogP contribution < -0.4 is 4.74 Å². The minimum atomic E-state index is 0.272. The Kier molecular flexibility index (Phi) is 5.07. The van der Waals surface area contributed by atoms with Crippen molar-refractivity contribution in [2.24, 2.45) is 0 Å². The van der Waals surface area contributed by atoms with E-state index in [-0.39, 0.29) is 6.10 Å². The average Bonchev–Trinajstić information content (AvgIpc) is 2.38. The monoisotopic (exact) mass is 312 g/mol. The summed E-state index contributed by atoms with van der Waals surface area (Å²) in [5, 5.41) is 0.890. The molecule has 1 heterocycles. The summed E-state index contributed by atoms with van der Waals surface area (Å²) in [5.74, 6) is 1.02. The summed E-state index contributed by atoms with van der Waals surface area (Å²) in [6.07, 6.45) is 3.84. The normalized spacial score (nSPS) is 19.8. The van der Waals surface area contributed by atoms with Gasteiger partial charge in [-0.05, 0) is 49.8 Å². The van der Waals surface area contributed by atoms with E-state index in [0.29, 0.717) is 6.61 Å². The Hall–Kier alpha value is -0.540. The van der Waals surface area contributed by atoms with E-state index in [2.05, 4.69) is 41.9 Å². The molecule has 1 aromatic rings. The fraction of sp³-hybridized carbons (Fsp3) is 0.600.